The van der Waals surface area contributed by atoms with Crippen molar-refractivity contribution in [2.24, 2.45) is 5.92 Å². The molecule has 1 atom stereocenters. The molecule has 0 bridgehead atoms. The predicted octanol–water partition coefficient (Wildman–Crippen LogP) is 1.27. The van der Waals surface area contributed by atoms with Gasteiger partial charge in [0.05, 0.1) is 0 Å². The fourth-order valence-electron chi connectivity index (χ4n) is 2.48. The molecule has 8 nitrogen and oxygen atoms in total. The Morgan fingerprint density at radius 1 is 1.17 bits per heavy atom. The summed E-state index contributed by atoms with van der Waals surface area (Å²) in [6.45, 7) is 2.98. The number of aromatic carboxylic acids is 1. The summed E-state index contributed by atoms with van der Waals surface area (Å²) in [5.41, 5.74) is 0.332. The highest BCUT2D eigenvalue weighted by atomic mass is 16.4. The summed E-state index contributed by atoms with van der Waals surface area (Å²) in [5, 5.41) is 30.8. The lowest BCUT2D eigenvalue weighted by Gasteiger charge is -2.18. The average molecular weight is 334 g/mol. The molecule has 0 spiro atoms. The number of aromatic nitrogens is 1. The first-order chi connectivity index (χ1) is 11.2. The molecule has 8 heteroatoms. The Kier molecular flexibility index (Phi) is 4.77. The Balaban J connectivity index is 2.34. The number of carboxylic acids is 2. The van der Waals surface area contributed by atoms with Gasteiger partial charge >= 0.3 is 11.9 Å². The van der Waals surface area contributed by atoms with Crippen LogP contribution in [-0.4, -0.2) is 43.8 Å². The molecule has 0 radical (unpaired) electrons. The second-order valence-electron chi connectivity index (χ2n) is 5.79. The van der Waals surface area contributed by atoms with Gasteiger partial charge in [0.15, 0.2) is 0 Å². The number of aromatic hydroxyl groups is 1. The Bertz CT molecular complexity index is 808. The van der Waals surface area contributed by atoms with E-state index in [0.717, 1.165) is 0 Å². The van der Waals surface area contributed by atoms with Crippen molar-refractivity contribution < 1.29 is 29.7 Å². The molecule has 1 aromatic carbocycles. The molecular formula is C16H18N2O6. The average Bonchev–Trinajstić information content (AvgIpc) is 2.82. The summed E-state index contributed by atoms with van der Waals surface area (Å²) < 4.78 is 1.27. The molecule has 1 aromatic heterocycles. The first-order valence-corrected chi connectivity index (χ1v) is 7.28. The molecule has 0 saturated carbocycles. The number of nitrogens with one attached hydrogen (secondary N) is 1. The maximum absolute atomic E-state index is 12.2. The van der Waals surface area contributed by atoms with Crippen LogP contribution in [0.3, 0.4) is 0 Å². The number of hydrogen-bond acceptors (Lipinski definition) is 4. The Hall–Kier alpha value is -3.03. The number of carbonyl (C=O) groups is 3. The van der Waals surface area contributed by atoms with E-state index < -0.39 is 23.9 Å². The van der Waals surface area contributed by atoms with Gasteiger partial charge in [0, 0.05) is 10.9 Å². The van der Waals surface area contributed by atoms with E-state index in [9.17, 15) is 24.6 Å². The molecule has 1 amide bonds. The fourth-order valence-corrected chi connectivity index (χ4v) is 2.48. The number of aliphatic carboxylic acids is 1. The number of benzene rings is 1. The van der Waals surface area contributed by atoms with Crippen molar-refractivity contribution in [2.75, 3.05) is 0 Å². The quantitative estimate of drug-likeness (QED) is 0.629. The maximum atomic E-state index is 12.2. The summed E-state index contributed by atoms with van der Waals surface area (Å²) >= 11 is 0. The van der Waals surface area contributed by atoms with E-state index in [4.69, 9.17) is 5.11 Å². The number of phenolic OH excluding ortho intramolecular Hbond substituents is 1. The third kappa shape index (κ3) is 3.48. The van der Waals surface area contributed by atoms with Gasteiger partial charge in [0.25, 0.3) is 0 Å². The second-order valence-corrected chi connectivity index (χ2v) is 5.79. The highest BCUT2D eigenvalue weighted by Gasteiger charge is 2.24. The van der Waals surface area contributed by atoms with Crippen molar-refractivity contribution in [3.63, 3.8) is 0 Å². The largest absolute Gasteiger partial charge is 0.508 e. The highest BCUT2D eigenvalue weighted by molar-refractivity contribution is 5.96. The van der Waals surface area contributed by atoms with E-state index in [1.165, 1.54) is 28.8 Å². The summed E-state index contributed by atoms with van der Waals surface area (Å²) in [6, 6.07) is 4.57. The minimum absolute atomic E-state index is 0.0215. The molecular weight excluding hydrogens is 316 g/mol. The number of hydrogen-bond donors (Lipinski definition) is 4. The SMILES string of the molecule is CC(C)[C@H](NC(=O)Cn1c(C(=O)O)cc2cc(O)ccc21)C(=O)O. The smallest absolute Gasteiger partial charge is 0.352 e. The molecule has 2 aromatic rings. The molecule has 0 aliphatic rings. The summed E-state index contributed by atoms with van der Waals surface area (Å²) in [5.74, 6) is -3.32. The zero-order chi connectivity index (χ0) is 18.0. The molecule has 1 heterocycles. The first-order valence-electron chi connectivity index (χ1n) is 7.28. The molecule has 0 fully saturated rings. The summed E-state index contributed by atoms with van der Waals surface area (Å²) in [6.07, 6.45) is 0. The third-order valence-electron chi connectivity index (χ3n) is 3.65. The zero-order valence-electron chi connectivity index (χ0n) is 13.2. The fraction of sp³-hybridized carbons (Fsp3) is 0.312. The lowest BCUT2D eigenvalue weighted by molar-refractivity contribution is -0.143. The van der Waals surface area contributed by atoms with Crippen molar-refractivity contribution in [3.05, 3.63) is 30.0 Å². The van der Waals surface area contributed by atoms with Gasteiger partial charge in [-0.25, -0.2) is 9.59 Å². The van der Waals surface area contributed by atoms with Crippen molar-refractivity contribution in [2.45, 2.75) is 26.4 Å². The van der Waals surface area contributed by atoms with E-state index in [1.807, 2.05) is 0 Å². The Labute approximate surface area is 137 Å². The number of phenols is 1. The van der Waals surface area contributed by atoms with Crippen molar-refractivity contribution >= 4 is 28.7 Å². The molecule has 0 aliphatic heterocycles. The minimum Gasteiger partial charge on any atom is -0.508 e. The van der Waals surface area contributed by atoms with Crippen LogP contribution in [0.5, 0.6) is 5.75 Å². The standard InChI is InChI=1S/C16H18N2O6/c1-8(2)14(16(23)24)17-13(20)7-18-11-4-3-10(19)5-9(11)6-12(18)15(21)22/h3-6,8,14,19H,7H2,1-2H3,(H,17,20)(H,21,22)(H,23,24)/t14-/m0/s1. The van der Waals surface area contributed by atoms with Crippen molar-refractivity contribution in [1.82, 2.24) is 9.88 Å². The van der Waals surface area contributed by atoms with E-state index in [2.05, 4.69) is 5.32 Å². The van der Waals surface area contributed by atoms with Crippen LogP contribution in [0.15, 0.2) is 24.3 Å². The molecule has 0 unspecified atom stereocenters. The summed E-state index contributed by atoms with van der Waals surface area (Å²) in [7, 11) is 0. The maximum Gasteiger partial charge on any atom is 0.352 e. The first kappa shape index (κ1) is 17.3. The number of fused-ring (bicyclic) bond motifs is 1. The lowest BCUT2D eigenvalue weighted by Crippen LogP contribution is -2.45. The zero-order valence-corrected chi connectivity index (χ0v) is 13.2. The van der Waals surface area contributed by atoms with E-state index in [0.29, 0.717) is 10.9 Å². The van der Waals surface area contributed by atoms with Crippen LogP contribution >= 0.6 is 0 Å². The van der Waals surface area contributed by atoms with Gasteiger partial charge in [-0.05, 0) is 30.2 Å². The van der Waals surface area contributed by atoms with Gasteiger partial charge in [-0.2, -0.15) is 0 Å². The lowest BCUT2D eigenvalue weighted by atomic mass is 10.1. The third-order valence-corrected chi connectivity index (χ3v) is 3.65. The second kappa shape index (κ2) is 6.61. The normalized spacial score (nSPS) is 12.3. The van der Waals surface area contributed by atoms with Gasteiger partial charge in [-0.15, -0.1) is 0 Å². The molecule has 24 heavy (non-hydrogen) atoms. The molecule has 0 aliphatic carbocycles. The van der Waals surface area contributed by atoms with E-state index in [1.54, 1.807) is 13.8 Å². The Morgan fingerprint density at radius 3 is 2.38 bits per heavy atom. The molecule has 4 N–H and O–H groups in total. The van der Waals surface area contributed by atoms with Crippen LogP contribution in [0.4, 0.5) is 0 Å². The number of rotatable bonds is 6. The highest BCUT2D eigenvalue weighted by Crippen LogP contribution is 2.24. The van der Waals surface area contributed by atoms with Crippen LogP contribution in [0.1, 0.15) is 24.3 Å². The van der Waals surface area contributed by atoms with Gasteiger partial charge < -0.3 is 25.2 Å². The van der Waals surface area contributed by atoms with Gasteiger partial charge in [-0.3, -0.25) is 4.79 Å². The van der Waals surface area contributed by atoms with Crippen LogP contribution < -0.4 is 5.32 Å². The molecule has 2 rings (SSSR count). The van der Waals surface area contributed by atoms with Gasteiger partial charge in [0.2, 0.25) is 5.91 Å². The number of carboxylic acid groups (broad SMARTS) is 2. The number of amides is 1. The van der Waals surface area contributed by atoms with Crippen LogP contribution in [0, 0.1) is 5.92 Å². The van der Waals surface area contributed by atoms with Crippen LogP contribution in [0.25, 0.3) is 10.9 Å². The number of nitrogens with zero attached hydrogens (tertiary/aromatic N) is 1. The van der Waals surface area contributed by atoms with Crippen LogP contribution in [0.2, 0.25) is 0 Å². The van der Waals surface area contributed by atoms with Gasteiger partial charge in [-0.1, -0.05) is 13.8 Å². The Morgan fingerprint density at radius 2 is 1.83 bits per heavy atom. The van der Waals surface area contributed by atoms with Crippen molar-refractivity contribution in [1.29, 1.82) is 0 Å². The minimum atomic E-state index is -1.22. The number of carbonyl (C=O) groups excluding carboxylic acids is 1. The van der Waals surface area contributed by atoms with E-state index >= 15 is 0 Å². The van der Waals surface area contributed by atoms with Crippen molar-refractivity contribution in [3.8, 4) is 5.75 Å². The van der Waals surface area contributed by atoms with Crippen LogP contribution in [-0.2, 0) is 16.1 Å². The molecule has 0 saturated heterocycles. The topological polar surface area (TPSA) is 129 Å². The monoisotopic (exact) mass is 334 g/mol. The molecule has 128 valence electrons. The van der Waals surface area contributed by atoms with Gasteiger partial charge in [0.1, 0.15) is 24.0 Å². The van der Waals surface area contributed by atoms with E-state index in [-0.39, 0.29) is 23.9 Å². The predicted molar refractivity (Wildman–Crippen MR) is 85.0 cm³/mol. The summed E-state index contributed by atoms with van der Waals surface area (Å²) in [4.78, 5) is 34.7.